The number of ether oxygens (including phenoxy) is 1. The van der Waals surface area contributed by atoms with Crippen molar-refractivity contribution in [2.24, 2.45) is 0 Å². The molecule has 6 nitrogen and oxygen atoms in total. The summed E-state index contributed by atoms with van der Waals surface area (Å²) in [5.74, 6) is -0.717. The van der Waals surface area contributed by atoms with Gasteiger partial charge in [-0.1, -0.05) is 54.6 Å². The lowest BCUT2D eigenvalue weighted by Gasteiger charge is -2.30. The van der Waals surface area contributed by atoms with Gasteiger partial charge in [-0.25, -0.2) is 0 Å². The number of likely N-dealkylation sites (tertiary alicyclic amines) is 1. The molecule has 2 aromatic rings. The Bertz CT molecular complexity index is 951. The molecule has 0 aliphatic carbocycles. The smallest absolute Gasteiger partial charge is 0.240 e. The van der Waals surface area contributed by atoms with Crippen LogP contribution in [0.5, 0.6) is 0 Å². The van der Waals surface area contributed by atoms with Crippen LogP contribution < -0.4 is 0 Å². The van der Waals surface area contributed by atoms with E-state index in [9.17, 15) is 14.4 Å². The molecule has 0 aromatic heterocycles. The molecule has 2 saturated heterocycles. The number of hydrogen-bond acceptors (Lipinski definition) is 4. The summed E-state index contributed by atoms with van der Waals surface area (Å²) in [6.45, 7) is 1.14. The lowest BCUT2D eigenvalue weighted by atomic mass is 9.75. The van der Waals surface area contributed by atoms with E-state index < -0.39 is 5.41 Å². The second-order valence-electron chi connectivity index (χ2n) is 8.16. The van der Waals surface area contributed by atoms with E-state index in [1.807, 2.05) is 54.6 Å². The summed E-state index contributed by atoms with van der Waals surface area (Å²) in [7, 11) is 3.24. The molecule has 3 amide bonds. The average Bonchev–Trinajstić information content (AvgIpc) is 3.38. The van der Waals surface area contributed by atoms with E-state index in [1.165, 1.54) is 7.05 Å². The predicted molar refractivity (Wildman–Crippen MR) is 113 cm³/mol. The normalized spacial score (nSPS) is 23.8. The summed E-state index contributed by atoms with van der Waals surface area (Å²) in [6, 6.07) is 17.6. The SMILES string of the molecule is CN1C(=O)C[C@@](CC(=O)N(C)[C@H]2CCOC2)(c2ccc(-c3ccccc3)cc2)C1=O. The first kappa shape index (κ1) is 20.3. The lowest BCUT2D eigenvalue weighted by Crippen LogP contribution is -2.44. The standard InChI is InChI=1S/C24H26N2O4/c1-25(20-12-13-30-16-20)21(27)14-24(15-22(28)26(2)23(24)29)19-10-8-18(9-11-19)17-6-4-3-5-7-17/h3-11,20H,12-16H2,1-2H3/t20-,24-/m0/s1. The molecule has 6 heteroatoms. The Balaban J connectivity index is 1.66. The highest BCUT2D eigenvalue weighted by Gasteiger charge is 2.53. The monoisotopic (exact) mass is 406 g/mol. The van der Waals surface area contributed by atoms with Crippen LogP contribution in [0.15, 0.2) is 54.6 Å². The summed E-state index contributed by atoms with van der Waals surface area (Å²) >= 11 is 0. The van der Waals surface area contributed by atoms with Gasteiger partial charge in [-0.3, -0.25) is 19.3 Å². The van der Waals surface area contributed by atoms with Gasteiger partial charge in [-0.2, -0.15) is 0 Å². The minimum atomic E-state index is -1.16. The fourth-order valence-corrected chi connectivity index (χ4v) is 4.38. The third kappa shape index (κ3) is 3.52. The molecule has 0 spiro atoms. The summed E-state index contributed by atoms with van der Waals surface area (Å²) in [4.78, 5) is 41.5. The van der Waals surface area contributed by atoms with Crippen molar-refractivity contribution in [3.8, 4) is 11.1 Å². The molecule has 0 unspecified atom stereocenters. The molecule has 2 aliphatic rings. The number of imide groups is 1. The number of rotatable bonds is 5. The van der Waals surface area contributed by atoms with Crippen LogP contribution in [0.25, 0.3) is 11.1 Å². The van der Waals surface area contributed by atoms with Crippen molar-refractivity contribution in [2.45, 2.75) is 30.7 Å². The van der Waals surface area contributed by atoms with E-state index in [-0.39, 0.29) is 36.6 Å². The highest BCUT2D eigenvalue weighted by Crippen LogP contribution is 2.40. The minimum Gasteiger partial charge on any atom is -0.379 e. The summed E-state index contributed by atoms with van der Waals surface area (Å²) in [5.41, 5.74) is 1.63. The molecule has 0 radical (unpaired) electrons. The Kier molecular flexibility index (Phi) is 5.43. The highest BCUT2D eigenvalue weighted by molar-refractivity contribution is 6.10. The quantitative estimate of drug-likeness (QED) is 0.716. The van der Waals surface area contributed by atoms with E-state index in [0.29, 0.717) is 18.8 Å². The van der Waals surface area contributed by atoms with Crippen LogP contribution >= 0.6 is 0 Å². The summed E-state index contributed by atoms with van der Waals surface area (Å²) < 4.78 is 5.40. The van der Waals surface area contributed by atoms with Crippen molar-refractivity contribution in [2.75, 3.05) is 27.3 Å². The first-order valence-corrected chi connectivity index (χ1v) is 10.2. The molecule has 0 saturated carbocycles. The van der Waals surface area contributed by atoms with Crippen molar-refractivity contribution in [3.63, 3.8) is 0 Å². The third-order valence-electron chi connectivity index (χ3n) is 6.39. The van der Waals surface area contributed by atoms with Gasteiger partial charge >= 0.3 is 0 Å². The number of likely N-dealkylation sites (N-methyl/N-ethyl adjacent to an activating group) is 2. The van der Waals surface area contributed by atoms with Gasteiger partial charge in [0, 0.05) is 33.5 Å². The molecule has 0 bridgehead atoms. The van der Waals surface area contributed by atoms with Crippen LogP contribution in [0.1, 0.15) is 24.8 Å². The summed E-state index contributed by atoms with van der Waals surface area (Å²) in [6.07, 6.45) is 0.765. The molecule has 30 heavy (non-hydrogen) atoms. The number of nitrogens with zero attached hydrogens (tertiary/aromatic N) is 2. The van der Waals surface area contributed by atoms with E-state index in [0.717, 1.165) is 22.4 Å². The third-order valence-corrected chi connectivity index (χ3v) is 6.39. The Labute approximate surface area is 176 Å². The highest BCUT2D eigenvalue weighted by atomic mass is 16.5. The van der Waals surface area contributed by atoms with Gasteiger partial charge < -0.3 is 9.64 Å². The van der Waals surface area contributed by atoms with Crippen LogP contribution in [0.3, 0.4) is 0 Å². The fourth-order valence-electron chi connectivity index (χ4n) is 4.38. The largest absolute Gasteiger partial charge is 0.379 e. The Morgan fingerprint density at radius 2 is 1.77 bits per heavy atom. The van der Waals surface area contributed by atoms with Crippen LogP contribution in [-0.4, -0.2) is 60.9 Å². The Hall–Kier alpha value is -2.99. The number of hydrogen-bond donors (Lipinski definition) is 0. The zero-order chi connectivity index (χ0) is 21.3. The second-order valence-corrected chi connectivity index (χ2v) is 8.16. The zero-order valence-corrected chi connectivity index (χ0v) is 17.3. The van der Waals surface area contributed by atoms with Gasteiger partial charge in [0.25, 0.3) is 0 Å². The molecule has 156 valence electrons. The van der Waals surface area contributed by atoms with E-state index >= 15 is 0 Å². The molecule has 2 aromatic carbocycles. The van der Waals surface area contributed by atoms with Gasteiger partial charge in [-0.05, 0) is 23.1 Å². The molecule has 2 fully saturated rings. The van der Waals surface area contributed by atoms with Gasteiger partial charge in [0.1, 0.15) is 0 Å². The molecule has 4 rings (SSSR count). The van der Waals surface area contributed by atoms with Crippen molar-refractivity contribution in [1.29, 1.82) is 0 Å². The molecule has 2 aliphatic heterocycles. The minimum absolute atomic E-state index is 0.00770. The lowest BCUT2D eigenvalue weighted by molar-refractivity contribution is -0.141. The molecule has 2 atom stereocenters. The second kappa shape index (κ2) is 8.03. The first-order valence-electron chi connectivity index (χ1n) is 10.2. The predicted octanol–water partition coefficient (Wildman–Crippen LogP) is 2.62. The van der Waals surface area contributed by atoms with Crippen LogP contribution in [-0.2, 0) is 24.5 Å². The van der Waals surface area contributed by atoms with Crippen molar-refractivity contribution in [1.82, 2.24) is 9.80 Å². The fraction of sp³-hybridized carbons (Fsp3) is 0.375. The van der Waals surface area contributed by atoms with E-state index in [1.54, 1.807) is 11.9 Å². The van der Waals surface area contributed by atoms with E-state index in [2.05, 4.69) is 0 Å². The van der Waals surface area contributed by atoms with Crippen molar-refractivity contribution in [3.05, 3.63) is 60.2 Å². The molecule has 0 N–H and O–H groups in total. The maximum atomic E-state index is 13.2. The zero-order valence-electron chi connectivity index (χ0n) is 17.3. The maximum Gasteiger partial charge on any atom is 0.240 e. The van der Waals surface area contributed by atoms with Crippen LogP contribution in [0, 0.1) is 0 Å². The number of carbonyl (C=O) groups is 3. The van der Waals surface area contributed by atoms with Crippen molar-refractivity contribution >= 4 is 17.7 Å². The van der Waals surface area contributed by atoms with Crippen LogP contribution in [0.2, 0.25) is 0 Å². The summed E-state index contributed by atoms with van der Waals surface area (Å²) in [5, 5.41) is 0. The number of carbonyl (C=O) groups excluding carboxylic acids is 3. The maximum absolute atomic E-state index is 13.2. The van der Waals surface area contributed by atoms with Gasteiger partial charge in [0.15, 0.2) is 0 Å². The van der Waals surface area contributed by atoms with Gasteiger partial charge in [0.2, 0.25) is 17.7 Å². The van der Waals surface area contributed by atoms with Gasteiger partial charge in [-0.15, -0.1) is 0 Å². The topological polar surface area (TPSA) is 66.9 Å². The average molecular weight is 406 g/mol. The van der Waals surface area contributed by atoms with E-state index in [4.69, 9.17) is 4.74 Å². The molecule has 2 heterocycles. The number of amides is 3. The molecular formula is C24H26N2O4. The first-order chi connectivity index (χ1) is 14.4. The Morgan fingerprint density at radius 1 is 1.10 bits per heavy atom. The van der Waals surface area contributed by atoms with Crippen molar-refractivity contribution < 1.29 is 19.1 Å². The Morgan fingerprint density at radius 3 is 2.33 bits per heavy atom. The van der Waals surface area contributed by atoms with Gasteiger partial charge in [0.05, 0.1) is 18.1 Å². The van der Waals surface area contributed by atoms with Crippen LogP contribution in [0.4, 0.5) is 0 Å². The molecular weight excluding hydrogens is 380 g/mol. The number of benzene rings is 2.